The number of nitrogens with zero attached hydrogens (tertiary/aromatic N) is 2. The van der Waals surface area contributed by atoms with Gasteiger partial charge in [0.15, 0.2) is 0 Å². The Labute approximate surface area is 151 Å². The summed E-state index contributed by atoms with van der Waals surface area (Å²) in [6.07, 6.45) is 0.855. The van der Waals surface area contributed by atoms with Crippen LogP contribution in [-0.2, 0) is 0 Å². The molecule has 0 spiro atoms. The van der Waals surface area contributed by atoms with Gasteiger partial charge in [-0.25, -0.2) is 13.6 Å². The van der Waals surface area contributed by atoms with Crippen LogP contribution < -0.4 is 10.2 Å². The van der Waals surface area contributed by atoms with Gasteiger partial charge >= 0.3 is 6.03 Å². The van der Waals surface area contributed by atoms with E-state index in [2.05, 4.69) is 23.3 Å². The van der Waals surface area contributed by atoms with E-state index in [1.54, 1.807) is 4.90 Å². The van der Waals surface area contributed by atoms with Crippen LogP contribution in [0.4, 0.5) is 25.0 Å². The van der Waals surface area contributed by atoms with E-state index >= 15 is 0 Å². The van der Waals surface area contributed by atoms with Gasteiger partial charge in [-0.1, -0.05) is 17.7 Å². The third kappa shape index (κ3) is 2.84. The number of fused-ring (bicyclic) bond motifs is 3. The van der Waals surface area contributed by atoms with Crippen molar-refractivity contribution in [2.24, 2.45) is 0 Å². The van der Waals surface area contributed by atoms with Crippen LogP contribution in [0.5, 0.6) is 0 Å². The fourth-order valence-electron chi connectivity index (χ4n) is 4.11. The summed E-state index contributed by atoms with van der Waals surface area (Å²) in [6, 6.07) is 8.92. The first-order valence-corrected chi connectivity index (χ1v) is 8.78. The van der Waals surface area contributed by atoms with E-state index in [0.29, 0.717) is 0 Å². The minimum absolute atomic E-state index is 0.0126. The van der Waals surface area contributed by atoms with Crippen molar-refractivity contribution in [3.05, 3.63) is 59.2 Å². The molecule has 0 bridgehead atoms. The van der Waals surface area contributed by atoms with Crippen LogP contribution in [0.25, 0.3) is 0 Å². The van der Waals surface area contributed by atoms with Crippen LogP contribution in [-0.4, -0.2) is 37.1 Å². The highest BCUT2D eigenvalue weighted by molar-refractivity contribution is 6.04. The Morgan fingerprint density at radius 1 is 1.19 bits per heavy atom. The van der Waals surface area contributed by atoms with E-state index in [-0.39, 0.29) is 23.7 Å². The molecule has 136 valence electrons. The highest BCUT2D eigenvalue weighted by Gasteiger charge is 2.44. The van der Waals surface area contributed by atoms with Gasteiger partial charge in [-0.3, -0.25) is 4.90 Å². The van der Waals surface area contributed by atoms with Crippen molar-refractivity contribution in [2.75, 3.05) is 30.4 Å². The molecule has 2 atom stereocenters. The molecule has 2 aliphatic heterocycles. The lowest BCUT2D eigenvalue weighted by molar-refractivity contribution is 0.224. The average Bonchev–Trinajstić information content (AvgIpc) is 2.90. The maximum Gasteiger partial charge on any atom is 0.326 e. The Hall–Kier alpha value is -2.47. The van der Waals surface area contributed by atoms with Crippen LogP contribution in [0.3, 0.4) is 0 Å². The Morgan fingerprint density at radius 2 is 2.00 bits per heavy atom. The van der Waals surface area contributed by atoms with Crippen molar-refractivity contribution in [3.8, 4) is 0 Å². The molecule has 0 saturated carbocycles. The number of aryl methyl sites for hydroxylation is 1. The number of carbonyl (C=O) groups is 1. The molecule has 4 rings (SSSR count). The number of hydrogen-bond donors (Lipinski definition) is 1. The predicted octanol–water partition coefficient (Wildman–Crippen LogP) is 4.11. The number of urea groups is 1. The topological polar surface area (TPSA) is 35.6 Å². The van der Waals surface area contributed by atoms with Crippen LogP contribution in [0, 0.1) is 18.6 Å². The number of hydrogen-bond acceptors (Lipinski definition) is 2. The second-order valence-corrected chi connectivity index (χ2v) is 7.21. The van der Waals surface area contributed by atoms with Crippen molar-refractivity contribution in [1.29, 1.82) is 0 Å². The highest BCUT2D eigenvalue weighted by atomic mass is 19.1. The molecule has 2 heterocycles. The molecule has 6 heteroatoms. The van der Waals surface area contributed by atoms with E-state index in [4.69, 9.17) is 0 Å². The first-order valence-electron chi connectivity index (χ1n) is 8.78. The van der Waals surface area contributed by atoms with Gasteiger partial charge in [0.2, 0.25) is 0 Å². The van der Waals surface area contributed by atoms with Gasteiger partial charge < -0.3 is 10.2 Å². The molecule has 0 radical (unpaired) electrons. The SMILES string of the molecule is Cc1ccc2c(c1)C1CN(C)CCC1N2C(=O)Nc1ccc(F)cc1F. The van der Waals surface area contributed by atoms with E-state index < -0.39 is 11.6 Å². The Bertz CT molecular complexity index is 870. The third-order valence-corrected chi connectivity index (χ3v) is 5.34. The molecule has 1 fully saturated rings. The number of nitrogens with one attached hydrogen (secondary N) is 1. The zero-order valence-corrected chi connectivity index (χ0v) is 14.8. The number of likely N-dealkylation sites (N-methyl/N-ethyl adjacent to an activating group) is 1. The number of carbonyl (C=O) groups excluding carboxylic acids is 1. The van der Waals surface area contributed by atoms with Crippen molar-refractivity contribution < 1.29 is 13.6 Å². The fourth-order valence-corrected chi connectivity index (χ4v) is 4.11. The molecule has 0 aliphatic carbocycles. The maximum atomic E-state index is 14.0. The summed E-state index contributed by atoms with van der Waals surface area (Å²) in [7, 11) is 2.09. The summed E-state index contributed by atoms with van der Waals surface area (Å²) in [5.41, 5.74) is 3.18. The van der Waals surface area contributed by atoms with Crippen LogP contribution >= 0.6 is 0 Å². The number of amides is 2. The normalized spacial score (nSPS) is 22.1. The van der Waals surface area contributed by atoms with Crippen LogP contribution in [0.15, 0.2) is 36.4 Å². The molecule has 2 amide bonds. The second kappa shape index (κ2) is 6.36. The first-order chi connectivity index (χ1) is 12.4. The van der Waals surface area contributed by atoms with Gasteiger partial charge in [-0.15, -0.1) is 0 Å². The van der Waals surface area contributed by atoms with Crippen molar-refractivity contribution in [1.82, 2.24) is 4.90 Å². The van der Waals surface area contributed by atoms with Gasteiger partial charge in [0.05, 0.1) is 5.69 Å². The van der Waals surface area contributed by atoms with Crippen LogP contribution in [0.1, 0.15) is 23.5 Å². The molecule has 1 saturated heterocycles. The maximum absolute atomic E-state index is 14.0. The fraction of sp³-hybridized carbons (Fsp3) is 0.350. The number of rotatable bonds is 1. The van der Waals surface area contributed by atoms with E-state index in [1.165, 1.54) is 6.07 Å². The predicted molar refractivity (Wildman–Crippen MR) is 97.7 cm³/mol. The summed E-state index contributed by atoms with van der Waals surface area (Å²) >= 11 is 0. The van der Waals surface area contributed by atoms with Gasteiger partial charge in [0, 0.05) is 30.3 Å². The number of benzene rings is 2. The molecule has 2 unspecified atom stereocenters. The summed E-state index contributed by atoms with van der Waals surface area (Å²) in [6.45, 7) is 3.83. The number of halogens is 2. The lowest BCUT2D eigenvalue weighted by atomic mass is 9.89. The molecule has 26 heavy (non-hydrogen) atoms. The Kier molecular flexibility index (Phi) is 4.15. The highest BCUT2D eigenvalue weighted by Crippen LogP contribution is 2.45. The lowest BCUT2D eigenvalue weighted by Gasteiger charge is -2.36. The first kappa shape index (κ1) is 17.0. The number of piperidine rings is 1. The van der Waals surface area contributed by atoms with E-state index in [1.807, 2.05) is 19.1 Å². The van der Waals surface area contributed by atoms with Gasteiger partial charge in [0.1, 0.15) is 11.6 Å². The molecular formula is C20H21F2N3O. The summed E-state index contributed by atoms with van der Waals surface area (Å²) in [5, 5.41) is 2.61. The van der Waals surface area contributed by atoms with Crippen molar-refractivity contribution in [2.45, 2.75) is 25.3 Å². The third-order valence-electron chi connectivity index (χ3n) is 5.34. The lowest BCUT2D eigenvalue weighted by Crippen LogP contribution is -2.48. The molecule has 1 N–H and O–H groups in total. The minimum Gasteiger partial charge on any atom is -0.306 e. The van der Waals surface area contributed by atoms with E-state index in [0.717, 1.165) is 48.5 Å². The average molecular weight is 357 g/mol. The molecule has 2 aliphatic rings. The summed E-state index contributed by atoms with van der Waals surface area (Å²) in [5.74, 6) is -1.20. The second-order valence-electron chi connectivity index (χ2n) is 7.21. The standard InChI is InChI=1S/C20H21F2N3O/c1-12-3-6-18-14(9-12)15-11-24(2)8-7-19(15)25(18)20(26)23-17-5-4-13(21)10-16(17)22/h3-6,9-10,15,19H,7-8,11H2,1-2H3,(H,23,26). The van der Waals surface area contributed by atoms with E-state index in [9.17, 15) is 13.6 Å². The van der Waals surface area contributed by atoms with Crippen molar-refractivity contribution in [3.63, 3.8) is 0 Å². The van der Waals surface area contributed by atoms with Gasteiger partial charge in [-0.2, -0.15) is 0 Å². The Balaban J connectivity index is 1.68. The van der Waals surface area contributed by atoms with Crippen molar-refractivity contribution >= 4 is 17.4 Å². The Morgan fingerprint density at radius 3 is 2.77 bits per heavy atom. The minimum atomic E-state index is -0.776. The molecule has 4 nitrogen and oxygen atoms in total. The molecule has 0 aromatic heterocycles. The largest absolute Gasteiger partial charge is 0.326 e. The zero-order valence-electron chi connectivity index (χ0n) is 14.8. The summed E-state index contributed by atoms with van der Waals surface area (Å²) in [4.78, 5) is 17.0. The quantitative estimate of drug-likeness (QED) is 0.834. The monoisotopic (exact) mass is 357 g/mol. The molecular weight excluding hydrogens is 336 g/mol. The smallest absolute Gasteiger partial charge is 0.306 e. The summed E-state index contributed by atoms with van der Waals surface area (Å²) < 4.78 is 27.1. The molecule has 2 aromatic rings. The zero-order chi connectivity index (χ0) is 18.4. The van der Waals surface area contributed by atoms with Gasteiger partial charge in [0.25, 0.3) is 0 Å². The van der Waals surface area contributed by atoms with Crippen LogP contribution in [0.2, 0.25) is 0 Å². The number of likely N-dealkylation sites (tertiary alicyclic amines) is 1. The molecule has 2 aromatic carbocycles. The van der Waals surface area contributed by atoms with Gasteiger partial charge in [-0.05, 0) is 50.7 Å². The number of anilines is 2.